The Morgan fingerprint density at radius 2 is 2.10 bits per heavy atom. The largest absolute Gasteiger partial charge is 0.496 e. The monoisotopic (exact) mass is 423 g/mol. The van der Waals surface area contributed by atoms with Gasteiger partial charge in [-0.3, -0.25) is 0 Å². The third-order valence-corrected chi connectivity index (χ3v) is 5.57. The molecule has 3 heterocycles. The number of nitrogens with one attached hydrogen (secondary N) is 1. The number of methoxy groups -OCH3 is 1. The van der Waals surface area contributed by atoms with Gasteiger partial charge < -0.3 is 25.7 Å². The van der Waals surface area contributed by atoms with Crippen LogP contribution in [0.15, 0.2) is 35.5 Å². The highest BCUT2D eigenvalue weighted by Crippen LogP contribution is 2.34. The fraction of sp³-hybridized carbons (Fsp3) is 0.429. The predicted octanol–water partition coefficient (Wildman–Crippen LogP) is 2.06. The van der Waals surface area contributed by atoms with E-state index in [1.807, 2.05) is 29.3 Å². The molecule has 10 heteroatoms. The molecule has 1 atom stereocenters. The Hall–Kier alpha value is -3.40. The van der Waals surface area contributed by atoms with E-state index in [9.17, 15) is 0 Å². The van der Waals surface area contributed by atoms with E-state index in [0.717, 1.165) is 54.1 Å². The fourth-order valence-electron chi connectivity index (χ4n) is 3.98. The van der Waals surface area contributed by atoms with Crippen LogP contribution in [0.3, 0.4) is 0 Å². The quantitative estimate of drug-likeness (QED) is 0.448. The maximum atomic E-state index is 6.64. The second kappa shape index (κ2) is 9.17. The van der Waals surface area contributed by atoms with Crippen molar-refractivity contribution in [3.63, 3.8) is 0 Å². The van der Waals surface area contributed by atoms with Gasteiger partial charge in [-0.1, -0.05) is 31.0 Å². The molecule has 1 unspecified atom stereocenters. The summed E-state index contributed by atoms with van der Waals surface area (Å²) in [6.07, 6.45) is 5.55. The molecule has 0 radical (unpaired) electrons. The molecular formula is C21H29N9O. The molecule has 10 nitrogen and oxygen atoms in total. The van der Waals surface area contributed by atoms with Crippen LogP contribution in [0.2, 0.25) is 0 Å². The first-order chi connectivity index (χ1) is 15.1. The Morgan fingerprint density at radius 3 is 2.84 bits per heavy atom. The molecule has 4 rings (SSSR count). The molecule has 2 aromatic heterocycles. The lowest BCUT2D eigenvalue weighted by Gasteiger charge is -2.34. The Kier molecular flexibility index (Phi) is 6.17. The van der Waals surface area contributed by atoms with Crippen molar-refractivity contribution in [3.05, 3.63) is 53.1 Å². The summed E-state index contributed by atoms with van der Waals surface area (Å²) in [4.78, 5) is 6.57. The second-order valence-corrected chi connectivity index (χ2v) is 7.68. The van der Waals surface area contributed by atoms with Gasteiger partial charge in [-0.15, -0.1) is 10.2 Å². The van der Waals surface area contributed by atoms with E-state index in [0.29, 0.717) is 24.7 Å². The van der Waals surface area contributed by atoms with Crippen molar-refractivity contribution in [2.45, 2.75) is 45.3 Å². The number of nitrogens with zero attached hydrogens (tertiary/aromatic N) is 6. The first-order valence-electron chi connectivity index (χ1n) is 10.5. The molecule has 0 saturated carbocycles. The van der Waals surface area contributed by atoms with Crippen molar-refractivity contribution in [2.24, 2.45) is 16.5 Å². The molecule has 0 amide bonds. The van der Waals surface area contributed by atoms with Gasteiger partial charge in [-0.25, -0.2) is 4.99 Å². The number of aliphatic imine (C=N–C) groups is 1. The minimum atomic E-state index is -0.340. The van der Waals surface area contributed by atoms with E-state index in [4.69, 9.17) is 16.2 Å². The molecule has 31 heavy (non-hydrogen) atoms. The maximum absolute atomic E-state index is 6.64. The van der Waals surface area contributed by atoms with Crippen molar-refractivity contribution < 1.29 is 4.74 Å². The zero-order chi connectivity index (χ0) is 21.8. The van der Waals surface area contributed by atoms with Crippen molar-refractivity contribution in [1.82, 2.24) is 30.1 Å². The lowest BCUT2D eigenvalue weighted by Crippen LogP contribution is -2.46. The van der Waals surface area contributed by atoms with Crippen LogP contribution in [0.25, 0.3) is 0 Å². The zero-order valence-corrected chi connectivity index (χ0v) is 18.0. The number of unbranched alkanes of at least 4 members (excludes halogenated alkanes) is 2. The Labute approximate surface area is 181 Å². The Bertz CT molecular complexity index is 1040. The van der Waals surface area contributed by atoms with Crippen LogP contribution in [0.4, 0.5) is 5.69 Å². The highest BCUT2D eigenvalue weighted by atomic mass is 16.5. The van der Waals surface area contributed by atoms with Crippen LogP contribution in [-0.4, -0.2) is 49.7 Å². The molecular weight excluding hydrogens is 394 g/mol. The van der Waals surface area contributed by atoms with E-state index in [2.05, 4.69) is 43.2 Å². The lowest BCUT2D eigenvalue weighted by molar-refractivity contribution is 0.295. The third kappa shape index (κ3) is 4.38. The maximum Gasteiger partial charge on any atom is 0.198 e. The SMILES string of the molecule is CCCCCN1C(N)=Nc2ccn(Cc3cc(Cc4nn[nH]n4)ccc3OC)c2C1N. The van der Waals surface area contributed by atoms with E-state index in [1.54, 1.807) is 7.11 Å². The van der Waals surface area contributed by atoms with Crippen LogP contribution < -0.4 is 16.2 Å². The van der Waals surface area contributed by atoms with Crippen LogP contribution >= 0.6 is 0 Å². The third-order valence-electron chi connectivity index (χ3n) is 5.57. The molecule has 1 aromatic carbocycles. The standard InChI is InChI=1S/C21H29N9O/c1-3-4-5-9-30-20(22)19-16(24-21(30)23)8-10-29(19)13-15-11-14(6-7-17(15)31-2)12-18-25-27-28-26-18/h6-8,10-11,20H,3-5,9,12-13,22H2,1-2H3,(H2,23,24)(H,25,26,27,28). The number of nitrogens with two attached hydrogens (primary N) is 2. The van der Waals surface area contributed by atoms with Gasteiger partial charge in [0.1, 0.15) is 11.9 Å². The summed E-state index contributed by atoms with van der Waals surface area (Å²) in [6, 6.07) is 8.04. The average molecular weight is 424 g/mol. The van der Waals surface area contributed by atoms with Gasteiger partial charge in [0.25, 0.3) is 0 Å². The van der Waals surface area contributed by atoms with Crippen molar-refractivity contribution in [2.75, 3.05) is 13.7 Å². The topological polar surface area (TPSA) is 136 Å². The van der Waals surface area contributed by atoms with Gasteiger partial charge in [0, 0.05) is 24.7 Å². The highest BCUT2D eigenvalue weighted by Gasteiger charge is 2.28. The molecule has 0 saturated heterocycles. The number of fused-ring (bicyclic) bond motifs is 1. The number of aromatic amines is 1. The molecule has 164 valence electrons. The van der Waals surface area contributed by atoms with Crippen molar-refractivity contribution in [3.8, 4) is 5.75 Å². The number of aromatic nitrogens is 5. The summed E-state index contributed by atoms with van der Waals surface area (Å²) in [5, 5.41) is 14.2. The summed E-state index contributed by atoms with van der Waals surface area (Å²) < 4.78 is 7.73. The van der Waals surface area contributed by atoms with Crippen LogP contribution in [0, 0.1) is 0 Å². The molecule has 3 aromatic rings. The van der Waals surface area contributed by atoms with Gasteiger partial charge >= 0.3 is 0 Å². The summed E-state index contributed by atoms with van der Waals surface area (Å²) >= 11 is 0. The van der Waals surface area contributed by atoms with Crippen LogP contribution in [0.1, 0.15) is 55.0 Å². The number of benzene rings is 1. The summed E-state index contributed by atoms with van der Waals surface area (Å²) in [5.74, 6) is 1.93. The first kappa shape index (κ1) is 20.9. The average Bonchev–Trinajstić information content (AvgIpc) is 3.41. The molecule has 0 aliphatic carbocycles. The summed E-state index contributed by atoms with van der Waals surface area (Å²) in [6.45, 7) is 3.57. The van der Waals surface area contributed by atoms with Crippen molar-refractivity contribution >= 4 is 11.6 Å². The van der Waals surface area contributed by atoms with E-state index >= 15 is 0 Å². The number of rotatable bonds is 9. The van der Waals surface area contributed by atoms with E-state index in [-0.39, 0.29) is 6.17 Å². The number of guanidine groups is 1. The van der Waals surface area contributed by atoms with Gasteiger partial charge in [-0.2, -0.15) is 5.21 Å². The summed E-state index contributed by atoms with van der Waals surface area (Å²) in [7, 11) is 1.68. The Morgan fingerprint density at radius 1 is 1.23 bits per heavy atom. The lowest BCUT2D eigenvalue weighted by atomic mass is 10.1. The second-order valence-electron chi connectivity index (χ2n) is 7.68. The Balaban J connectivity index is 1.60. The number of hydrogen-bond donors (Lipinski definition) is 3. The van der Waals surface area contributed by atoms with Gasteiger partial charge in [0.15, 0.2) is 11.8 Å². The number of H-pyrrole nitrogens is 1. The zero-order valence-electron chi connectivity index (χ0n) is 18.0. The smallest absolute Gasteiger partial charge is 0.198 e. The van der Waals surface area contributed by atoms with Gasteiger partial charge in [0.05, 0.1) is 25.0 Å². The molecule has 5 N–H and O–H groups in total. The minimum Gasteiger partial charge on any atom is -0.496 e. The summed E-state index contributed by atoms with van der Waals surface area (Å²) in [5.41, 5.74) is 16.7. The van der Waals surface area contributed by atoms with Gasteiger partial charge in [-0.05, 0) is 30.2 Å². The minimum absolute atomic E-state index is 0.340. The van der Waals surface area contributed by atoms with Crippen molar-refractivity contribution in [1.29, 1.82) is 0 Å². The molecule has 0 bridgehead atoms. The fourth-order valence-corrected chi connectivity index (χ4v) is 3.98. The molecule has 0 fully saturated rings. The molecule has 1 aliphatic rings. The first-order valence-corrected chi connectivity index (χ1v) is 10.5. The normalized spacial score (nSPS) is 15.6. The van der Waals surface area contributed by atoms with E-state index < -0.39 is 0 Å². The molecule has 0 spiro atoms. The van der Waals surface area contributed by atoms with Gasteiger partial charge in [0.2, 0.25) is 0 Å². The number of ether oxygens (including phenoxy) is 1. The molecule has 1 aliphatic heterocycles. The highest BCUT2D eigenvalue weighted by molar-refractivity contribution is 5.84. The number of tetrazole rings is 1. The number of hydrogen-bond acceptors (Lipinski definition) is 8. The predicted molar refractivity (Wildman–Crippen MR) is 118 cm³/mol. The van der Waals surface area contributed by atoms with Crippen LogP contribution in [0.5, 0.6) is 5.75 Å². The van der Waals surface area contributed by atoms with Crippen LogP contribution in [-0.2, 0) is 13.0 Å². The van der Waals surface area contributed by atoms with E-state index in [1.165, 1.54) is 0 Å².